The highest BCUT2D eigenvalue weighted by atomic mass is 16.5. The van der Waals surface area contributed by atoms with Crippen LogP contribution in [-0.2, 0) is 20.7 Å². The molecule has 9 atom stereocenters. The second-order valence-electron chi connectivity index (χ2n) is 14.7. The summed E-state index contributed by atoms with van der Waals surface area (Å²) in [7, 11) is 0. The van der Waals surface area contributed by atoms with Crippen LogP contribution in [0, 0.1) is 35.0 Å². The SMILES string of the molecule is CC1=C2C[C@H]3[C@@H](CC[C@@H]4CC(=O)CC[C@@]43C)[C@@H]2CC[C@@]2(C1)O[C@@H]1CCCN(CCNC(=O)Cc3nn[nH]n3)[C@H]1[C@H]2C. The van der Waals surface area contributed by atoms with Crippen LogP contribution in [0.2, 0.25) is 0 Å². The smallest absolute Gasteiger partial charge is 0.227 e. The first-order chi connectivity index (χ1) is 19.8. The van der Waals surface area contributed by atoms with Crippen molar-refractivity contribution < 1.29 is 14.3 Å². The molecule has 0 unspecified atom stereocenters. The second kappa shape index (κ2) is 10.5. The van der Waals surface area contributed by atoms with Crippen LogP contribution in [0.25, 0.3) is 0 Å². The lowest BCUT2D eigenvalue weighted by Crippen LogP contribution is -2.51. The maximum atomic E-state index is 12.4. The second-order valence-corrected chi connectivity index (χ2v) is 14.7. The molecule has 1 aromatic rings. The molecule has 41 heavy (non-hydrogen) atoms. The van der Waals surface area contributed by atoms with Crippen LogP contribution < -0.4 is 5.32 Å². The van der Waals surface area contributed by atoms with Crippen LogP contribution >= 0.6 is 0 Å². The highest BCUT2D eigenvalue weighted by Gasteiger charge is 2.59. The summed E-state index contributed by atoms with van der Waals surface area (Å²) in [6.45, 7) is 9.95. The van der Waals surface area contributed by atoms with E-state index in [1.54, 1.807) is 11.1 Å². The van der Waals surface area contributed by atoms with Crippen molar-refractivity contribution in [3.63, 3.8) is 0 Å². The van der Waals surface area contributed by atoms with Crippen molar-refractivity contribution in [2.75, 3.05) is 19.6 Å². The van der Waals surface area contributed by atoms with E-state index < -0.39 is 0 Å². The molecular weight excluding hydrogens is 516 g/mol. The van der Waals surface area contributed by atoms with Crippen molar-refractivity contribution in [1.29, 1.82) is 0 Å². The van der Waals surface area contributed by atoms with Gasteiger partial charge >= 0.3 is 0 Å². The number of aromatic nitrogens is 4. The van der Waals surface area contributed by atoms with Gasteiger partial charge in [0.15, 0.2) is 5.82 Å². The van der Waals surface area contributed by atoms with Crippen molar-refractivity contribution in [3.8, 4) is 0 Å². The minimum Gasteiger partial charge on any atom is -0.369 e. The molecule has 7 rings (SSSR count). The number of Topliss-reactive ketones (excluding diaryl/α,β-unsaturated/α-hetero) is 1. The van der Waals surface area contributed by atoms with Gasteiger partial charge < -0.3 is 10.1 Å². The van der Waals surface area contributed by atoms with E-state index in [1.807, 2.05) is 0 Å². The standard InChI is InChI=1S/C32H48N6O3/c1-19-18-32(11-9-23-24-7-6-21-15-22(39)8-10-31(21,3)26(24)16-25(19)23)20(2)30-27(41-32)5-4-13-38(30)14-12-33-29(40)17-28-34-36-37-35-28/h20-21,23-24,26-27,30H,4-18H2,1-3H3,(H,33,40)(H,34,35,36,37)/t20-,21-,23+,24+,26+,27-,30+,31+,32+/m1/s1. The lowest BCUT2D eigenvalue weighted by atomic mass is 9.52. The summed E-state index contributed by atoms with van der Waals surface area (Å²) in [5.41, 5.74) is 3.65. The van der Waals surface area contributed by atoms with E-state index in [0.29, 0.717) is 47.4 Å². The van der Waals surface area contributed by atoms with Crippen molar-refractivity contribution in [2.45, 2.75) is 116 Å². The topological polar surface area (TPSA) is 113 Å². The van der Waals surface area contributed by atoms with Gasteiger partial charge in [0, 0.05) is 37.9 Å². The molecule has 224 valence electrons. The van der Waals surface area contributed by atoms with E-state index in [2.05, 4.69) is 51.6 Å². The molecule has 2 aliphatic heterocycles. The maximum absolute atomic E-state index is 12.4. The molecule has 1 aromatic heterocycles. The van der Waals surface area contributed by atoms with Crippen LogP contribution in [0.4, 0.5) is 0 Å². The minimum absolute atomic E-state index is 0.0641. The van der Waals surface area contributed by atoms with Crippen molar-refractivity contribution in [2.24, 2.45) is 35.0 Å². The third-order valence-corrected chi connectivity index (χ3v) is 12.9. The molecule has 9 nitrogen and oxygen atoms in total. The molecule has 2 saturated heterocycles. The number of allylic oxidation sites excluding steroid dienone is 1. The van der Waals surface area contributed by atoms with E-state index >= 15 is 0 Å². The lowest BCUT2D eigenvalue weighted by molar-refractivity contribution is -0.130. The molecule has 6 aliphatic rings. The number of amides is 1. The minimum atomic E-state index is -0.0743. The number of carbonyl (C=O) groups excluding carboxylic acids is 2. The largest absolute Gasteiger partial charge is 0.369 e. The van der Waals surface area contributed by atoms with Gasteiger partial charge in [0.05, 0.1) is 18.1 Å². The first kappa shape index (κ1) is 27.7. The van der Waals surface area contributed by atoms with Gasteiger partial charge in [-0.3, -0.25) is 14.5 Å². The summed E-state index contributed by atoms with van der Waals surface area (Å²) >= 11 is 0. The van der Waals surface area contributed by atoms with Crippen molar-refractivity contribution >= 4 is 11.7 Å². The Morgan fingerprint density at radius 2 is 2.07 bits per heavy atom. The molecule has 9 heteroatoms. The number of ether oxygens (including phenoxy) is 1. The van der Waals surface area contributed by atoms with Gasteiger partial charge in [-0.15, -0.1) is 10.2 Å². The fourth-order valence-corrected chi connectivity index (χ4v) is 10.8. The Hall–Kier alpha value is -2.13. The fourth-order valence-electron chi connectivity index (χ4n) is 10.8. The van der Waals surface area contributed by atoms with E-state index in [0.717, 1.165) is 69.9 Å². The average molecular weight is 565 g/mol. The molecule has 4 aliphatic carbocycles. The molecule has 1 spiro atoms. The van der Waals surface area contributed by atoms with Gasteiger partial charge in [0.2, 0.25) is 5.91 Å². The highest BCUT2D eigenvalue weighted by molar-refractivity contribution is 5.79. The summed E-state index contributed by atoms with van der Waals surface area (Å²) in [5, 5.41) is 16.8. The van der Waals surface area contributed by atoms with Gasteiger partial charge in [0.25, 0.3) is 0 Å². The highest BCUT2D eigenvalue weighted by Crippen LogP contribution is 2.65. The normalized spacial score (nSPS) is 42.4. The number of H-pyrrole nitrogens is 1. The number of carbonyl (C=O) groups is 2. The Bertz CT molecular complexity index is 1200. The summed E-state index contributed by atoms with van der Waals surface area (Å²) in [4.78, 5) is 27.3. The predicted molar refractivity (Wildman–Crippen MR) is 154 cm³/mol. The number of nitrogens with zero attached hydrogens (tertiary/aromatic N) is 4. The number of rotatable bonds is 5. The first-order valence-electron chi connectivity index (χ1n) is 16.4. The van der Waals surface area contributed by atoms with Crippen LogP contribution in [0.15, 0.2) is 11.1 Å². The molecular formula is C32H48N6O3. The van der Waals surface area contributed by atoms with E-state index in [4.69, 9.17) is 4.74 Å². The zero-order chi connectivity index (χ0) is 28.4. The van der Waals surface area contributed by atoms with Crippen LogP contribution in [0.3, 0.4) is 0 Å². The van der Waals surface area contributed by atoms with Gasteiger partial charge in [-0.25, -0.2) is 0 Å². The number of aromatic amines is 1. The Morgan fingerprint density at radius 1 is 1.20 bits per heavy atom. The summed E-state index contributed by atoms with van der Waals surface area (Å²) in [6.07, 6.45) is 12.8. The Balaban J connectivity index is 1.04. The van der Waals surface area contributed by atoms with Crippen LogP contribution in [0.5, 0.6) is 0 Å². The van der Waals surface area contributed by atoms with E-state index in [-0.39, 0.29) is 24.0 Å². The Morgan fingerprint density at radius 3 is 2.90 bits per heavy atom. The number of hydrogen-bond acceptors (Lipinski definition) is 7. The molecule has 5 fully saturated rings. The number of likely N-dealkylation sites (tertiary alicyclic amines) is 1. The quantitative estimate of drug-likeness (QED) is 0.520. The number of hydrogen-bond donors (Lipinski definition) is 2. The summed E-state index contributed by atoms with van der Waals surface area (Å²) < 4.78 is 7.18. The number of ketones is 1. The molecule has 0 bridgehead atoms. The number of nitrogens with one attached hydrogen (secondary N) is 2. The van der Waals surface area contributed by atoms with Gasteiger partial charge in [-0.1, -0.05) is 30.2 Å². The number of fused-ring (bicyclic) bond motifs is 6. The number of piperidine rings is 1. The van der Waals surface area contributed by atoms with Crippen LogP contribution in [0.1, 0.15) is 97.2 Å². The van der Waals surface area contributed by atoms with Gasteiger partial charge in [-0.2, -0.15) is 5.21 Å². The first-order valence-corrected chi connectivity index (χ1v) is 16.4. The van der Waals surface area contributed by atoms with Crippen molar-refractivity contribution in [1.82, 2.24) is 30.8 Å². The molecule has 0 radical (unpaired) electrons. The fraction of sp³-hybridized carbons (Fsp3) is 0.844. The third kappa shape index (κ3) is 4.70. The maximum Gasteiger partial charge on any atom is 0.227 e. The van der Waals surface area contributed by atoms with Gasteiger partial charge in [0.1, 0.15) is 5.78 Å². The molecule has 3 saturated carbocycles. The van der Waals surface area contributed by atoms with E-state index in [9.17, 15) is 9.59 Å². The molecule has 1 amide bonds. The zero-order valence-corrected chi connectivity index (χ0v) is 25.2. The van der Waals surface area contributed by atoms with Crippen molar-refractivity contribution in [3.05, 3.63) is 17.0 Å². The van der Waals surface area contributed by atoms with Crippen LogP contribution in [-0.4, -0.2) is 74.6 Å². The molecule has 0 aromatic carbocycles. The third-order valence-electron chi connectivity index (χ3n) is 12.9. The predicted octanol–water partition coefficient (Wildman–Crippen LogP) is 4.02. The Kier molecular flexibility index (Phi) is 7.12. The monoisotopic (exact) mass is 564 g/mol. The van der Waals surface area contributed by atoms with E-state index in [1.165, 1.54) is 25.7 Å². The van der Waals surface area contributed by atoms with Gasteiger partial charge in [-0.05, 0) is 100 Å². The lowest BCUT2D eigenvalue weighted by Gasteiger charge is -2.52. The number of tetrazole rings is 1. The summed E-state index contributed by atoms with van der Waals surface area (Å²) in [5.74, 6) is 4.19. The molecule has 2 N–H and O–H groups in total. The average Bonchev–Trinajstić information content (AvgIpc) is 3.64. The summed E-state index contributed by atoms with van der Waals surface area (Å²) in [6, 6.07) is 0.412. The zero-order valence-electron chi connectivity index (χ0n) is 25.2. The molecule has 3 heterocycles. The Labute approximate surface area is 244 Å².